The number of Topliss-reactive ketones (excluding diaryl/α,β-unsaturated/α-hetero) is 1. The molecule has 1 aromatic rings. The van der Waals surface area contributed by atoms with Gasteiger partial charge in [-0.25, -0.2) is 0 Å². The lowest BCUT2D eigenvalue weighted by Crippen LogP contribution is -2.46. The molecule has 0 aromatic heterocycles. The SMILES string of the molecule is O=C1CCC[C@@H]2OCC[C@]12c1ccccc1. The fourth-order valence-corrected chi connectivity index (χ4v) is 3.21. The molecule has 0 amide bonds. The predicted molar refractivity (Wildman–Crippen MR) is 61.3 cm³/mol. The molecule has 16 heavy (non-hydrogen) atoms. The Morgan fingerprint density at radius 1 is 1.25 bits per heavy atom. The van der Waals surface area contributed by atoms with Gasteiger partial charge in [-0.1, -0.05) is 30.3 Å². The Hall–Kier alpha value is -1.15. The zero-order chi connectivity index (χ0) is 11.0. The summed E-state index contributed by atoms with van der Waals surface area (Å²) >= 11 is 0. The highest BCUT2D eigenvalue weighted by molar-refractivity contribution is 5.92. The zero-order valence-corrected chi connectivity index (χ0v) is 9.32. The normalized spacial score (nSPS) is 33.8. The first-order valence-corrected chi connectivity index (χ1v) is 6.04. The maximum Gasteiger partial charge on any atom is 0.146 e. The van der Waals surface area contributed by atoms with Gasteiger partial charge in [0.1, 0.15) is 5.78 Å². The predicted octanol–water partition coefficient (Wildman–Crippen LogP) is 2.47. The Bertz CT molecular complexity index is 398. The first-order valence-electron chi connectivity index (χ1n) is 6.04. The maximum absolute atomic E-state index is 12.3. The van der Waals surface area contributed by atoms with E-state index in [1.165, 1.54) is 0 Å². The molecule has 3 rings (SSSR count). The molecule has 84 valence electrons. The Morgan fingerprint density at radius 3 is 2.88 bits per heavy atom. The van der Waals surface area contributed by atoms with Crippen LogP contribution in [0.5, 0.6) is 0 Å². The standard InChI is InChI=1S/C14H16O2/c15-12-7-4-8-13-14(12,9-10-16-13)11-5-2-1-3-6-11/h1-3,5-6,13H,4,7-10H2/t13-,14-/m0/s1. The largest absolute Gasteiger partial charge is 0.377 e. The molecule has 1 aromatic carbocycles. The summed E-state index contributed by atoms with van der Waals surface area (Å²) in [6.07, 6.45) is 3.71. The number of hydrogen-bond acceptors (Lipinski definition) is 2. The summed E-state index contributed by atoms with van der Waals surface area (Å²) < 4.78 is 5.76. The molecule has 1 saturated heterocycles. The molecule has 2 heteroatoms. The van der Waals surface area contributed by atoms with Crippen LogP contribution in [0.4, 0.5) is 0 Å². The summed E-state index contributed by atoms with van der Waals surface area (Å²) in [5, 5.41) is 0. The summed E-state index contributed by atoms with van der Waals surface area (Å²) in [7, 11) is 0. The van der Waals surface area contributed by atoms with Crippen LogP contribution in [-0.2, 0) is 14.9 Å². The van der Waals surface area contributed by atoms with E-state index in [0.717, 1.165) is 37.9 Å². The number of fused-ring (bicyclic) bond motifs is 1. The van der Waals surface area contributed by atoms with E-state index < -0.39 is 0 Å². The molecule has 2 nitrogen and oxygen atoms in total. The second-order valence-corrected chi connectivity index (χ2v) is 4.76. The summed E-state index contributed by atoms with van der Waals surface area (Å²) in [6, 6.07) is 10.2. The topological polar surface area (TPSA) is 26.3 Å². The number of carbonyl (C=O) groups excluding carboxylic acids is 1. The quantitative estimate of drug-likeness (QED) is 0.720. The van der Waals surface area contributed by atoms with Crippen molar-refractivity contribution in [3.8, 4) is 0 Å². The van der Waals surface area contributed by atoms with Gasteiger partial charge < -0.3 is 4.74 Å². The third kappa shape index (κ3) is 1.26. The van der Waals surface area contributed by atoms with Crippen LogP contribution in [-0.4, -0.2) is 18.5 Å². The second-order valence-electron chi connectivity index (χ2n) is 4.76. The summed E-state index contributed by atoms with van der Waals surface area (Å²) in [4.78, 5) is 12.3. The molecule has 0 unspecified atom stereocenters. The average Bonchev–Trinajstić information content (AvgIpc) is 2.76. The monoisotopic (exact) mass is 216 g/mol. The van der Waals surface area contributed by atoms with Gasteiger partial charge in [-0.2, -0.15) is 0 Å². The number of ketones is 1. The third-order valence-electron chi connectivity index (χ3n) is 4.02. The summed E-state index contributed by atoms with van der Waals surface area (Å²) in [5.74, 6) is 0.382. The van der Waals surface area contributed by atoms with E-state index in [-0.39, 0.29) is 11.5 Å². The van der Waals surface area contributed by atoms with Crippen molar-refractivity contribution >= 4 is 5.78 Å². The van der Waals surface area contributed by atoms with Crippen molar-refractivity contribution < 1.29 is 9.53 Å². The molecular formula is C14H16O2. The lowest BCUT2D eigenvalue weighted by molar-refractivity contribution is -0.129. The molecule has 0 radical (unpaired) electrons. The van der Waals surface area contributed by atoms with Gasteiger partial charge in [0.15, 0.2) is 0 Å². The zero-order valence-electron chi connectivity index (χ0n) is 9.32. The molecule has 0 bridgehead atoms. The van der Waals surface area contributed by atoms with Gasteiger partial charge >= 0.3 is 0 Å². The van der Waals surface area contributed by atoms with E-state index in [0.29, 0.717) is 5.78 Å². The molecule has 1 aliphatic carbocycles. The Balaban J connectivity index is 2.09. The van der Waals surface area contributed by atoms with E-state index in [4.69, 9.17) is 4.74 Å². The smallest absolute Gasteiger partial charge is 0.146 e. The molecule has 2 aliphatic rings. The Kier molecular flexibility index (Phi) is 2.32. The van der Waals surface area contributed by atoms with Crippen molar-refractivity contribution in [3.63, 3.8) is 0 Å². The lowest BCUT2D eigenvalue weighted by Gasteiger charge is -2.36. The molecule has 2 fully saturated rings. The highest BCUT2D eigenvalue weighted by Gasteiger charge is 2.52. The molecule has 1 saturated carbocycles. The van der Waals surface area contributed by atoms with Crippen molar-refractivity contribution in [1.82, 2.24) is 0 Å². The minimum atomic E-state index is -0.320. The van der Waals surface area contributed by atoms with E-state index in [1.54, 1.807) is 0 Å². The number of benzene rings is 1. The molecule has 0 spiro atoms. The van der Waals surface area contributed by atoms with Crippen LogP contribution in [0.3, 0.4) is 0 Å². The van der Waals surface area contributed by atoms with Gasteiger partial charge in [0.2, 0.25) is 0 Å². The summed E-state index contributed by atoms with van der Waals surface area (Å²) in [6.45, 7) is 0.727. The summed E-state index contributed by atoms with van der Waals surface area (Å²) in [5.41, 5.74) is 0.835. The van der Waals surface area contributed by atoms with E-state index in [1.807, 2.05) is 18.2 Å². The molecular weight excluding hydrogens is 200 g/mol. The molecule has 2 atom stereocenters. The van der Waals surface area contributed by atoms with E-state index in [2.05, 4.69) is 12.1 Å². The fraction of sp³-hybridized carbons (Fsp3) is 0.500. The van der Waals surface area contributed by atoms with Crippen LogP contribution in [0.1, 0.15) is 31.2 Å². The average molecular weight is 216 g/mol. The maximum atomic E-state index is 12.3. The molecule has 0 N–H and O–H groups in total. The minimum absolute atomic E-state index is 0.121. The fourth-order valence-electron chi connectivity index (χ4n) is 3.21. The first-order chi connectivity index (χ1) is 7.84. The van der Waals surface area contributed by atoms with Crippen molar-refractivity contribution in [2.45, 2.75) is 37.2 Å². The number of carbonyl (C=O) groups is 1. The Labute approximate surface area is 95.6 Å². The highest BCUT2D eigenvalue weighted by Crippen LogP contribution is 2.45. The minimum Gasteiger partial charge on any atom is -0.377 e. The highest BCUT2D eigenvalue weighted by atomic mass is 16.5. The van der Waals surface area contributed by atoms with Gasteiger partial charge in [-0.3, -0.25) is 4.79 Å². The van der Waals surface area contributed by atoms with E-state index in [9.17, 15) is 4.79 Å². The first kappa shape index (κ1) is 10.0. The molecule has 1 heterocycles. The third-order valence-corrected chi connectivity index (χ3v) is 4.02. The van der Waals surface area contributed by atoms with Crippen LogP contribution in [0.2, 0.25) is 0 Å². The van der Waals surface area contributed by atoms with Crippen LogP contribution in [0.25, 0.3) is 0 Å². The van der Waals surface area contributed by atoms with Crippen molar-refractivity contribution in [2.24, 2.45) is 0 Å². The van der Waals surface area contributed by atoms with Gasteiger partial charge in [-0.05, 0) is 24.8 Å². The lowest BCUT2D eigenvalue weighted by atomic mass is 9.66. The van der Waals surface area contributed by atoms with Crippen LogP contribution < -0.4 is 0 Å². The van der Waals surface area contributed by atoms with Crippen molar-refractivity contribution in [3.05, 3.63) is 35.9 Å². The molecule has 1 aliphatic heterocycles. The van der Waals surface area contributed by atoms with Crippen molar-refractivity contribution in [1.29, 1.82) is 0 Å². The number of hydrogen-bond donors (Lipinski definition) is 0. The number of rotatable bonds is 1. The Morgan fingerprint density at radius 2 is 2.06 bits per heavy atom. The van der Waals surface area contributed by atoms with Gasteiger partial charge in [0, 0.05) is 13.0 Å². The van der Waals surface area contributed by atoms with Crippen molar-refractivity contribution in [2.75, 3.05) is 6.61 Å². The van der Waals surface area contributed by atoms with Crippen LogP contribution in [0.15, 0.2) is 30.3 Å². The van der Waals surface area contributed by atoms with Gasteiger partial charge in [-0.15, -0.1) is 0 Å². The second kappa shape index (κ2) is 3.70. The van der Waals surface area contributed by atoms with Gasteiger partial charge in [0.05, 0.1) is 11.5 Å². The van der Waals surface area contributed by atoms with Gasteiger partial charge in [0.25, 0.3) is 0 Å². The number of ether oxygens (including phenoxy) is 1. The van der Waals surface area contributed by atoms with Crippen LogP contribution in [0, 0.1) is 0 Å². The van der Waals surface area contributed by atoms with Crippen LogP contribution >= 0.6 is 0 Å². The van der Waals surface area contributed by atoms with E-state index >= 15 is 0 Å².